The van der Waals surface area contributed by atoms with E-state index < -0.39 is 63.1 Å². The molecular weight excluding hydrogens is 615 g/mol. The molecule has 0 radical (unpaired) electrons. The third kappa shape index (κ3) is 5.09. The van der Waals surface area contributed by atoms with Gasteiger partial charge in [-0.2, -0.15) is 8.78 Å². The van der Waals surface area contributed by atoms with E-state index in [1.54, 1.807) is 0 Å². The molecule has 5 rings (SSSR count). The molecule has 0 N–H and O–H groups in total. The Kier molecular flexibility index (Phi) is 7.73. The third-order valence-electron chi connectivity index (χ3n) is 6.07. The fourth-order valence-electron chi connectivity index (χ4n) is 4.17. The van der Waals surface area contributed by atoms with Gasteiger partial charge >= 0.3 is 0 Å². The first-order chi connectivity index (χ1) is 19.9. The SMILES string of the molecule is COc1cc(-c2cc(F)cc(Cl)c2)c(F)cc1-n1c(=O)ccc2cc(S(=O)Oc3c(F)c(F)c(F)c(F)c3F)ccc21. The van der Waals surface area contributed by atoms with Gasteiger partial charge in [-0.15, -0.1) is 0 Å². The van der Waals surface area contributed by atoms with Crippen LogP contribution in [0, 0.1) is 40.7 Å². The van der Waals surface area contributed by atoms with Crippen LogP contribution in [-0.4, -0.2) is 15.9 Å². The summed E-state index contributed by atoms with van der Waals surface area (Å²) < 4.78 is 121. The minimum atomic E-state index is -2.78. The van der Waals surface area contributed by atoms with Crippen LogP contribution in [0.4, 0.5) is 30.7 Å². The van der Waals surface area contributed by atoms with Gasteiger partial charge in [-0.3, -0.25) is 9.36 Å². The van der Waals surface area contributed by atoms with Crippen molar-refractivity contribution in [1.29, 1.82) is 0 Å². The number of rotatable bonds is 6. The lowest BCUT2D eigenvalue weighted by Crippen LogP contribution is -2.18. The molecule has 0 saturated carbocycles. The first kappa shape index (κ1) is 29.1. The normalized spacial score (nSPS) is 12.0. The lowest BCUT2D eigenvalue weighted by molar-refractivity contribution is 0.352. The van der Waals surface area contributed by atoms with Crippen LogP contribution in [0.15, 0.2) is 70.4 Å². The molecule has 0 bridgehead atoms. The first-order valence-electron chi connectivity index (χ1n) is 11.5. The van der Waals surface area contributed by atoms with Crippen molar-refractivity contribution in [2.75, 3.05) is 7.11 Å². The zero-order valence-electron chi connectivity index (χ0n) is 20.8. The number of benzene rings is 4. The lowest BCUT2D eigenvalue weighted by atomic mass is 10.0. The highest BCUT2D eigenvalue weighted by atomic mass is 35.5. The molecule has 0 amide bonds. The quantitative estimate of drug-likeness (QED) is 0.112. The second-order valence-electron chi connectivity index (χ2n) is 8.61. The molecule has 216 valence electrons. The Morgan fingerprint density at radius 1 is 0.786 bits per heavy atom. The molecular formula is C28H13ClF7NO4S. The van der Waals surface area contributed by atoms with Crippen molar-refractivity contribution in [3.8, 4) is 28.3 Å². The van der Waals surface area contributed by atoms with Crippen molar-refractivity contribution in [3.63, 3.8) is 0 Å². The maximum absolute atomic E-state index is 15.3. The summed E-state index contributed by atoms with van der Waals surface area (Å²) in [4.78, 5) is 12.7. The Labute approximate surface area is 239 Å². The minimum Gasteiger partial charge on any atom is -0.495 e. The van der Waals surface area contributed by atoms with Gasteiger partial charge in [0.1, 0.15) is 17.4 Å². The molecule has 1 heterocycles. The predicted molar refractivity (Wildman–Crippen MR) is 140 cm³/mol. The molecule has 0 aliphatic heterocycles. The standard InChI is InChI=1S/C28H13ClF7NO4S/c1-40-21-10-17(13-6-14(29)9-15(30)7-13)18(31)11-20(21)37-19-4-3-16(8-12(19)2-5-22(37)38)42(39)41-28-26(35)24(33)23(32)25(34)27(28)36/h2-11H,1H3. The molecule has 0 aliphatic rings. The highest BCUT2D eigenvalue weighted by Crippen LogP contribution is 2.35. The maximum Gasteiger partial charge on any atom is 0.255 e. The van der Waals surface area contributed by atoms with Crippen LogP contribution in [0.5, 0.6) is 11.5 Å². The second-order valence-corrected chi connectivity index (χ2v) is 10.2. The van der Waals surface area contributed by atoms with Gasteiger partial charge in [-0.05, 0) is 54.1 Å². The Hall–Kier alpha value is -4.36. The number of halogens is 8. The molecule has 42 heavy (non-hydrogen) atoms. The molecule has 1 atom stereocenters. The summed E-state index contributed by atoms with van der Waals surface area (Å²) in [6, 6.07) is 11.5. The van der Waals surface area contributed by atoms with E-state index in [1.807, 2.05) is 0 Å². The molecule has 0 spiro atoms. The van der Waals surface area contributed by atoms with Gasteiger partial charge in [0.25, 0.3) is 5.56 Å². The molecule has 5 nitrogen and oxygen atoms in total. The summed E-state index contributed by atoms with van der Waals surface area (Å²) in [5, 5.41) is 0.208. The Morgan fingerprint density at radius 3 is 2.10 bits per heavy atom. The number of aromatic nitrogens is 1. The van der Waals surface area contributed by atoms with Crippen molar-refractivity contribution in [3.05, 3.63) is 117 Å². The van der Waals surface area contributed by atoms with Crippen LogP contribution in [0.25, 0.3) is 27.7 Å². The summed E-state index contributed by atoms with van der Waals surface area (Å²) in [5.41, 5.74) is -0.558. The van der Waals surface area contributed by atoms with Crippen molar-refractivity contribution in [2.45, 2.75) is 4.90 Å². The van der Waals surface area contributed by atoms with E-state index in [-0.39, 0.29) is 43.4 Å². The molecule has 0 aliphatic carbocycles. The number of nitrogens with zero attached hydrogens (tertiary/aromatic N) is 1. The lowest BCUT2D eigenvalue weighted by Gasteiger charge is -2.16. The molecule has 14 heteroatoms. The van der Waals surface area contributed by atoms with E-state index in [4.69, 9.17) is 16.3 Å². The van der Waals surface area contributed by atoms with E-state index in [2.05, 4.69) is 4.18 Å². The first-order valence-corrected chi connectivity index (χ1v) is 13.0. The maximum atomic E-state index is 15.3. The highest BCUT2D eigenvalue weighted by molar-refractivity contribution is 7.80. The average Bonchev–Trinajstić information content (AvgIpc) is 2.96. The fourth-order valence-corrected chi connectivity index (χ4v) is 5.19. The molecule has 0 fully saturated rings. The van der Waals surface area contributed by atoms with Gasteiger partial charge in [0.15, 0.2) is 0 Å². The van der Waals surface area contributed by atoms with Gasteiger partial charge in [0, 0.05) is 28.1 Å². The third-order valence-corrected chi connectivity index (χ3v) is 7.24. The number of hydrogen-bond acceptors (Lipinski definition) is 4. The molecule has 4 aromatic carbocycles. The van der Waals surface area contributed by atoms with Crippen LogP contribution in [0.1, 0.15) is 0 Å². The number of ether oxygens (including phenoxy) is 1. The van der Waals surface area contributed by atoms with Gasteiger partial charge < -0.3 is 8.92 Å². The Balaban J connectivity index is 1.59. The minimum absolute atomic E-state index is 0.00341. The molecule has 5 aromatic rings. The van der Waals surface area contributed by atoms with Crippen LogP contribution in [-0.2, 0) is 11.1 Å². The van der Waals surface area contributed by atoms with E-state index in [0.29, 0.717) is 0 Å². The van der Waals surface area contributed by atoms with Crippen molar-refractivity contribution in [2.24, 2.45) is 0 Å². The largest absolute Gasteiger partial charge is 0.495 e. The van der Waals surface area contributed by atoms with Crippen LogP contribution >= 0.6 is 11.6 Å². The molecule has 1 aromatic heterocycles. The topological polar surface area (TPSA) is 57.5 Å². The van der Waals surface area contributed by atoms with Crippen molar-refractivity contribution >= 4 is 33.6 Å². The average molecular weight is 628 g/mol. The fraction of sp³-hybridized carbons (Fsp3) is 0.0357. The zero-order valence-corrected chi connectivity index (χ0v) is 22.4. The predicted octanol–water partition coefficient (Wildman–Crippen LogP) is 7.40. The van der Waals surface area contributed by atoms with E-state index >= 15 is 4.39 Å². The monoisotopic (exact) mass is 627 g/mol. The number of pyridine rings is 1. The Bertz CT molecular complexity index is 1950. The van der Waals surface area contributed by atoms with Gasteiger partial charge in [0.2, 0.25) is 45.9 Å². The summed E-state index contributed by atoms with van der Waals surface area (Å²) in [6.45, 7) is 0. The van der Waals surface area contributed by atoms with Crippen LogP contribution in [0.2, 0.25) is 5.02 Å². The number of methoxy groups -OCH3 is 1. The summed E-state index contributed by atoms with van der Waals surface area (Å²) in [6.07, 6.45) is 0. The van der Waals surface area contributed by atoms with Crippen molar-refractivity contribution < 1.29 is 43.9 Å². The van der Waals surface area contributed by atoms with Crippen LogP contribution < -0.4 is 14.5 Å². The van der Waals surface area contributed by atoms with E-state index in [1.165, 1.54) is 37.4 Å². The van der Waals surface area contributed by atoms with E-state index in [9.17, 15) is 35.3 Å². The van der Waals surface area contributed by atoms with Gasteiger partial charge in [0.05, 0.1) is 23.2 Å². The molecule has 0 saturated heterocycles. The summed E-state index contributed by atoms with van der Waals surface area (Å²) in [7, 11) is 1.26. The number of hydrogen-bond donors (Lipinski definition) is 0. The number of fused-ring (bicyclic) bond motifs is 1. The van der Waals surface area contributed by atoms with E-state index in [0.717, 1.165) is 34.9 Å². The van der Waals surface area contributed by atoms with Gasteiger partial charge in [-0.1, -0.05) is 11.6 Å². The molecule has 1 unspecified atom stereocenters. The van der Waals surface area contributed by atoms with Crippen LogP contribution in [0.3, 0.4) is 0 Å². The van der Waals surface area contributed by atoms with Crippen molar-refractivity contribution in [1.82, 2.24) is 4.57 Å². The zero-order chi connectivity index (χ0) is 30.5. The van der Waals surface area contributed by atoms with Gasteiger partial charge in [-0.25, -0.2) is 26.2 Å². The highest BCUT2D eigenvalue weighted by Gasteiger charge is 2.29. The summed E-state index contributed by atoms with van der Waals surface area (Å²) >= 11 is 3.12. The summed E-state index contributed by atoms with van der Waals surface area (Å²) in [5.74, 6) is -14.9. The second kappa shape index (κ2) is 11.1. The smallest absolute Gasteiger partial charge is 0.255 e. The Morgan fingerprint density at radius 2 is 1.45 bits per heavy atom.